The normalized spacial score (nSPS) is 12.2. The fourth-order valence-electron chi connectivity index (χ4n) is 4.65. The van der Waals surface area contributed by atoms with Crippen molar-refractivity contribution in [2.75, 3.05) is 28.2 Å². The zero-order chi connectivity index (χ0) is 27.1. The maximum atomic E-state index is 2.48. The van der Waals surface area contributed by atoms with Gasteiger partial charge in [-0.25, -0.2) is 0 Å². The largest absolute Gasteiger partial charge is 0.377 e. The molecule has 4 aromatic carbocycles. The summed E-state index contributed by atoms with van der Waals surface area (Å²) >= 11 is 0. The first-order chi connectivity index (χ1) is 18.3. The molecule has 0 atom stereocenters. The fourth-order valence-corrected chi connectivity index (χ4v) is 7.20. The molecule has 0 unspecified atom stereocenters. The Hall–Kier alpha value is -3.61. The lowest BCUT2D eigenvalue weighted by molar-refractivity contribution is 0.587. The third-order valence-electron chi connectivity index (χ3n) is 6.68. The predicted octanol–water partition coefficient (Wildman–Crippen LogP) is 7.31. The molecule has 4 rings (SSSR count). The highest BCUT2D eigenvalue weighted by Gasteiger charge is 2.24. The first-order valence-electron chi connectivity index (χ1n) is 13.1. The Morgan fingerprint density at radius 3 is 1.18 bits per heavy atom. The van der Waals surface area contributed by atoms with Gasteiger partial charge in [0.15, 0.2) is 0 Å². The van der Waals surface area contributed by atoms with E-state index in [2.05, 4.69) is 173 Å². The van der Waals surface area contributed by atoms with Crippen LogP contribution in [0.2, 0.25) is 0 Å². The highest BCUT2D eigenvalue weighted by molar-refractivity contribution is 7.74. The Morgan fingerprint density at radius 1 is 0.526 bits per heavy atom. The molecule has 0 bridgehead atoms. The molecular formula is C35H39N2P. The molecule has 0 N–H and O–H groups in total. The van der Waals surface area contributed by atoms with Crippen LogP contribution in [0.15, 0.2) is 121 Å². The van der Waals surface area contributed by atoms with Crippen LogP contribution in [-0.4, -0.2) is 43.6 Å². The van der Waals surface area contributed by atoms with Crippen LogP contribution in [0.3, 0.4) is 0 Å². The van der Waals surface area contributed by atoms with Crippen LogP contribution in [0, 0.1) is 13.8 Å². The van der Waals surface area contributed by atoms with Gasteiger partial charge in [0.05, 0.1) is 0 Å². The minimum absolute atomic E-state index is 0.159. The zero-order valence-corrected chi connectivity index (χ0v) is 24.4. The minimum atomic E-state index is -0.728. The summed E-state index contributed by atoms with van der Waals surface area (Å²) in [5.74, 6) is 0. The molecule has 0 aliphatic carbocycles. The molecule has 0 aliphatic rings. The monoisotopic (exact) mass is 518 g/mol. The second-order valence-electron chi connectivity index (χ2n) is 10.2. The molecule has 4 aromatic rings. The first kappa shape index (κ1) is 27.4. The van der Waals surface area contributed by atoms with E-state index in [1.54, 1.807) is 0 Å². The number of rotatable bonds is 9. The summed E-state index contributed by atoms with van der Waals surface area (Å²) in [4.78, 5) is 4.49. The molecule has 0 fully saturated rings. The molecule has 0 saturated carbocycles. The lowest BCUT2D eigenvalue weighted by Crippen LogP contribution is -2.22. The summed E-state index contributed by atoms with van der Waals surface area (Å²) in [5, 5.41) is 2.74. The molecule has 0 spiro atoms. The standard InChI is InChI=1S/C35H39N2P/c1-27-17-21-29(22-18-27)34(36(3)4)25-33(26-35(37(5)6)30-23-19-28(2)20-24-30)38(31-13-9-7-10-14-31)32-15-11-8-12-16-32/h7-26,33H,1-6H3/b34-25-,35-26-. The SMILES string of the molecule is Cc1ccc(/C(=C/C(/C=C(/c2ccc(C)cc2)N(C)C)P(c2ccccc2)c2ccccc2)N(C)C)cc1. The van der Waals surface area contributed by atoms with E-state index in [1.165, 1.54) is 44.3 Å². The molecule has 0 heterocycles. The van der Waals surface area contributed by atoms with Gasteiger partial charge in [-0.1, -0.05) is 120 Å². The second kappa shape index (κ2) is 12.8. The van der Waals surface area contributed by atoms with Crippen molar-refractivity contribution in [1.82, 2.24) is 9.80 Å². The first-order valence-corrected chi connectivity index (χ1v) is 14.6. The van der Waals surface area contributed by atoms with Crippen molar-refractivity contribution in [2.45, 2.75) is 19.5 Å². The molecule has 0 radical (unpaired) electrons. The molecule has 2 nitrogen and oxygen atoms in total. The van der Waals surface area contributed by atoms with Gasteiger partial charge in [0.25, 0.3) is 0 Å². The third kappa shape index (κ3) is 6.82. The van der Waals surface area contributed by atoms with E-state index in [0.29, 0.717) is 0 Å². The van der Waals surface area contributed by atoms with E-state index in [0.717, 1.165) is 0 Å². The van der Waals surface area contributed by atoms with Crippen molar-refractivity contribution in [3.63, 3.8) is 0 Å². The van der Waals surface area contributed by atoms with Crippen LogP contribution in [0.4, 0.5) is 0 Å². The lowest BCUT2D eigenvalue weighted by atomic mass is 10.1. The van der Waals surface area contributed by atoms with Gasteiger partial charge < -0.3 is 9.80 Å². The third-order valence-corrected chi connectivity index (χ3v) is 9.29. The number of aryl methyl sites for hydroxylation is 2. The van der Waals surface area contributed by atoms with E-state index in [1.807, 2.05) is 0 Å². The van der Waals surface area contributed by atoms with Crippen LogP contribution >= 0.6 is 7.92 Å². The number of nitrogens with zero attached hydrogens (tertiary/aromatic N) is 2. The molecule has 3 heteroatoms. The van der Waals surface area contributed by atoms with Crippen LogP contribution in [0.5, 0.6) is 0 Å². The van der Waals surface area contributed by atoms with Crippen molar-refractivity contribution in [2.24, 2.45) is 0 Å². The van der Waals surface area contributed by atoms with Crippen molar-refractivity contribution >= 4 is 29.9 Å². The molecule has 194 valence electrons. The van der Waals surface area contributed by atoms with Gasteiger partial charge >= 0.3 is 0 Å². The van der Waals surface area contributed by atoms with Gasteiger partial charge in [-0.15, -0.1) is 0 Å². The maximum absolute atomic E-state index is 2.48. The molecule has 0 saturated heterocycles. The van der Waals surface area contributed by atoms with Crippen LogP contribution < -0.4 is 10.6 Å². The fraction of sp³-hybridized carbons (Fsp3) is 0.200. The molecule has 0 aliphatic heterocycles. The van der Waals surface area contributed by atoms with E-state index in [9.17, 15) is 0 Å². The van der Waals surface area contributed by atoms with E-state index >= 15 is 0 Å². The average Bonchev–Trinajstić information content (AvgIpc) is 2.92. The summed E-state index contributed by atoms with van der Waals surface area (Å²) in [7, 11) is 7.85. The van der Waals surface area contributed by atoms with Gasteiger partial charge in [-0.2, -0.15) is 0 Å². The van der Waals surface area contributed by atoms with Crippen molar-refractivity contribution in [3.05, 3.63) is 144 Å². The summed E-state index contributed by atoms with van der Waals surface area (Å²) in [6.07, 6.45) is 4.96. The number of hydrogen-bond acceptors (Lipinski definition) is 2. The predicted molar refractivity (Wildman–Crippen MR) is 169 cm³/mol. The van der Waals surface area contributed by atoms with E-state index < -0.39 is 7.92 Å². The Balaban J connectivity index is 1.98. The van der Waals surface area contributed by atoms with Crippen LogP contribution in [0.1, 0.15) is 22.3 Å². The van der Waals surface area contributed by atoms with Gasteiger partial charge in [-0.3, -0.25) is 0 Å². The van der Waals surface area contributed by atoms with Gasteiger partial charge in [-0.05, 0) is 55.7 Å². The smallest absolute Gasteiger partial charge is 0.0403 e. The minimum Gasteiger partial charge on any atom is -0.377 e. The highest BCUT2D eigenvalue weighted by atomic mass is 31.1. The Morgan fingerprint density at radius 2 is 0.868 bits per heavy atom. The second-order valence-corrected chi connectivity index (χ2v) is 12.5. The van der Waals surface area contributed by atoms with Gasteiger partial charge in [0.2, 0.25) is 0 Å². The van der Waals surface area contributed by atoms with E-state index in [-0.39, 0.29) is 5.66 Å². The van der Waals surface area contributed by atoms with Gasteiger partial charge in [0.1, 0.15) is 0 Å². The van der Waals surface area contributed by atoms with Crippen molar-refractivity contribution in [1.29, 1.82) is 0 Å². The Labute approximate surface area is 230 Å². The molecule has 0 aromatic heterocycles. The molecule has 0 amide bonds. The topological polar surface area (TPSA) is 6.48 Å². The quantitative estimate of drug-likeness (QED) is 0.214. The number of hydrogen-bond donors (Lipinski definition) is 0. The van der Waals surface area contributed by atoms with E-state index in [4.69, 9.17) is 0 Å². The highest BCUT2D eigenvalue weighted by Crippen LogP contribution is 2.43. The lowest BCUT2D eigenvalue weighted by Gasteiger charge is -2.29. The Kier molecular flexibility index (Phi) is 9.21. The number of benzene rings is 4. The molecular weight excluding hydrogens is 479 g/mol. The van der Waals surface area contributed by atoms with Crippen molar-refractivity contribution in [3.8, 4) is 0 Å². The number of allylic oxidation sites excluding steroid dienone is 2. The average molecular weight is 519 g/mol. The van der Waals surface area contributed by atoms with Crippen LogP contribution in [0.25, 0.3) is 11.4 Å². The van der Waals surface area contributed by atoms with Crippen LogP contribution in [-0.2, 0) is 0 Å². The Bertz CT molecular complexity index is 1250. The summed E-state index contributed by atoms with van der Waals surface area (Å²) in [6, 6.07) is 39.8. The maximum Gasteiger partial charge on any atom is 0.0403 e. The summed E-state index contributed by atoms with van der Waals surface area (Å²) < 4.78 is 0. The van der Waals surface area contributed by atoms with Crippen molar-refractivity contribution < 1.29 is 0 Å². The zero-order valence-electron chi connectivity index (χ0n) is 23.5. The summed E-state index contributed by atoms with van der Waals surface area (Å²) in [6.45, 7) is 4.28. The summed E-state index contributed by atoms with van der Waals surface area (Å²) in [5.41, 5.74) is 7.63. The molecule has 38 heavy (non-hydrogen) atoms. The van der Waals surface area contributed by atoms with Gasteiger partial charge in [0, 0.05) is 45.2 Å².